The van der Waals surface area contributed by atoms with Crippen molar-refractivity contribution >= 4 is 16.9 Å². The zero-order valence-corrected chi connectivity index (χ0v) is 13.2. The summed E-state index contributed by atoms with van der Waals surface area (Å²) in [6, 6.07) is 0. The predicted octanol–water partition coefficient (Wildman–Crippen LogP) is 3.55. The Hall–Kier alpha value is -1.62. The van der Waals surface area contributed by atoms with Crippen LogP contribution in [0.5, 0.6) is 0 Å². The van der Waals surface area contributed by atoms with Crippen molar-refractivity contribution in [1.82, 2.24) is 15.3 Å². The number of allylic oxidation sites excluding steroid dienone is 3. The van der Waals surface area contributed by atoms with Gasteiger partial charge in [-0.1, -0.05) is 37.8 Å². The van der Waals surface area contributed by atoms with Crippen LogP contribution in [0.1, 0.15) is 32.4 Å². The van der Waals surface area contributed by atoms with Crippen LogP contribution in [0, 0.1) is 0 Å². The van der Waals surface area contributed by atoms with Crippen molar-refractivity contribution in [3.63, 3.8) is 0 Å². The maximum atomic E-state index is 4.31. The molecular weight excluding hydrogens is 268 g/mol. The number of rotatable bonds is 6. The molecule has 0 radical (unpaired) electrons. The molecule has 0 bridgehead atoms. The van der Waals surface area contributed by atoms with Gasteiger partial charge in [0.15, 0.2) is 5.17 Å². The molecule has 0 aliphatic carbocycles. The lowest BCUT2D eigenvalue weighted by Crippen LogP contribution is -2.21. The molecule has 0 aromatic carbocycles. The van der Waals surface area contributed by atoms with Crippen molar-refractivity contribution in [3.05, 3.63) is 47.5 Å². The van der Waals surface area contributed by atoms with E-state index in [1.165, 1.54) is 0 Å². The fraction of sp³-hybridized carbons (Fsp3) is 0.400. The maximum Gasteiger partial charge on any atom is 0.164 e. The SMILES string of the molecule is CC/C=C/SC(=NC)N/C(=C/CC)Cc1cnccn1. The van der Waals surface area contributed by atoms with Crippen LogP contribution < -0.4 is 5.32 Å². The first-order valence-corrected chi connectivity index (χ1v) is 7.67. The lowest BCUT2D eigenvalue weighted by atomic mass is 10.2. The Balaban J connectivity index is 2.67. The van der Waals surface area contributed by atoms with Gasteiger partial charge >= 0.3 is 0 Å². The summed E-state index contributed by atoms with van der Waals surface area (Å²) in [7, 11) is 1.79. The molecule has 1 rings (SSSR count). The maximum absolute atomic E-state index is 4.31. The quantitative estimate of drug-likeness (QED) is 0.643. The molecule has 0 spiro atoms. The summed E-state index contributed by atoms with van der Waals surface area (Å²) in [4.78, 5) is 12.7. The van der Waals surface area contributed by atoms with Crippen LogP contribution in [0.25, 0.3) is 0 Å². The molecule has 20 heavy (non-hydrogen) atoms. The molecule has 4 nitrogen and oxygen atoms in total. The fourth-order valence-corrected chi connectivity index (χ4v) is 2.23. The number of hydrogen-bond donors (Lipinski definition) is 1. The third-order valence-electron chi connectivity index (χ3n) is 2.42. The summed E-state index contributed by atoms with van der Waals surface area (Å²) >= 11 is 1.59. The highest BCUT2D eigenvalue weighted by molar-refractivity contribution is 8.16. The van der Waals surface area contributed by atoms with E-state index in [9.17, 15) is 0 Å². The van der Waals surface area contributed by atoms with Crippen LogP contribution in [0.4, 0.5) is 0 Å². The van der Waals surface area contributed by atoms with Gasteiger partial charge in [-0.15, -0.1) is 0 Å². The Labute approximate surface area is 125 Å². The minimum atomic E-state index is 0.735. The minimum Gasteiger partial charge on any atom is -0.338 e. The summed E-state index contributed by atoms with van der Waals surface area (Å²) in [5.74, 6) is 0. The molecule has 1 heterocycles. The van der Waals surface area contributed by atoms with Crippen LogP contribution in [0.3, 0.4) is 0 Å². The van der Waals surface area contributed by atoms with Crippen LogP contribution in [-0.4, -0.2) is 22.2 Å². The Morgan fingerprint density at radius 1 is 1.35 bits per heavy atom. The standard InChI is InChI=1S/C15H22N4S/c1-4-6-10-20-15(16-3)19-13(7-5-2)11-14-12-17-8-9-18-14/h6-10,12H,4-5,11H2,1-3H3,(H,16,19)/b10-6+,13-7+. The topological polar surface area (TPSA) is 50.2 Å². The zero-order chi connectivity index (χ0) is 14.6. The summed E-state index contributed by atoms with van der Waals surface area (Å²) in [5, 5.41) is 6.31. The molecule has 0 atom stereocenters. The molecule has 0 fully saturated rings. The molecule has 0 aliphatic heterocycles. The van der Waals surface area contributed by atoms with Crippen molar-refractivity contribution in [1.29, 1.82) is 0 Å². The first kappa shape index (κ1) is 16.4. The van der Waals surface area contributed by atoms with Crippen LogP contribution in [0.2, 0.25) is 0 Å². The molecule has 1 N–H and O–H groups in total. The van der Waals surface area contributed by atoms with Gasteiger partial charge in [0.05, 0.1) is 5.69 Å². The van der Waals surface area contributed by atoms with Gasteiger partial charge in [-0.25, -0.2) is 0 Å². The second-order valence-electron chi connectivity index (χ2n) is 4.06. The molecule has 1 aromatic heterocycles. The van der Waals surface area contributed by atoms with Gasteiger partial charge in [0.25, 0.3) is 0 Å². The van der Waals surface area contributed by atoms with Crippen molar-refractivity contribution in [2.45, 2.75) is 33.1 Å². The molecular formula is C15H22N4S. The highest BCUT2D eigenvalue weighted by Crippen LogP contribution is 2.09. The Morgan fingerprint density at radius 2 is 2.20 bits per heavy atom. The average Bonchev–Trinajstić information content (AvgIpc) is 2.47. The van der Waals surface area contributed by atoms with Crippen molar-refractivity contribution in [2.75, 3.05) is 7.05 Å². The van der Waals surface area contributed by atoms with Gasteiger partial charge in [-0.05, 0) is 18.2 Å². The Bertz CT molecular complexity index is 466. The summed E-state index contributed by atoms with van der Waals surface area (Å²) in [6.07, 6.45) is 12.2. The largest absolute Gasteiger partial charge is 0.338 e. The van der Waals surface area contributed by atoms with Crippen LogP contribution in [-0.2, 0) is 6.42 Å². The third kappa shape index (κ3) is 6.52. The summed E-state index contributed by atoms with van der Waals surface area (Å²) in [6.45, 7) is 4.23. The molecule has 0 amide bonds. The normalized spacial score (nSPS) is 12.9. The van der Waals surface area contributed by atoms with Gasteiger partial charge in [0.2, 0.25) is 0 Å². The smallest absolute Gasteiger partial charge is 0.164 e. The van der Waals surface area contributed by atoms with Gasteiger partial charge in [0, 0.05) is 37.8 Å². The van der Waals surface area contributed by atoms with Crippen molar-refractivity contribution in [2.24, 2.45) is 4.99 Å². The molecule has 0 unspecified atom stereocenters. The molecule has 0 saturated heterocycles. The average molecular weight is 290 g/mol. The van der Waals surface area contributed by atoms with E-state index in [0.29, 0.717) is 0 Å². The summed E-state index contributed by atoms with van der Waals surface area (Å²) in [5.41, 5.74) is 2.05. The molecule has 1 aromatic rings. The Kier molecular flexibility index (Phi) is 8.38. The van der Waals surface area contributed by atoms with E-state index >= 15 is 0 Å². The van der Waals surface area contributed by atoms with E-state index in [-0.39, 0.29) is 0 Å². The number of aromatic nitrogens is 2. The van der Waals surface area contributed by atoms with E-state index < -0.39 is 0 Å². The van der Waals surface area contributed by atoms with E-state index in [1.807, 2.05) is 0 Å². The first-order chi connectivity index (χ1) is 9.80. The van der Waals surface area contributed by atoms with Gasteiger partial charge in [-0.2, -0.15) is 0 Å². The number of nitrogens with zero attached hydrogens (tertiary/aromatic N) is 3. The van der Waals surface area contributed by atoms with E-state index in [4.69, 9.17) is 0 Å². The summed E-state index contributed by atoms with van der Waals surface area (Å²) < 4.78 is 0. The minimum absolute atomic E-state index is 0.735. The molecule has 5 heteroatoms. The van der Waals surface area contributed by atoms with Gasteiger partial charge < -0.3 is 5.32 Å². The number of amidine groups is 1. The van der Waals surface area contributed by atoms with Gasteiger partial charge in [0.1, 0.15) is 0 Å². The third-order valence-corrected chi connectivity index (χ3v) is 3.26. The first-order valence-electron chi connectivity index (χ1n) is 6.79. The number of aliphatic imine (C=N–C) groups is 1. The number of hydrogen-bond acceptors (Lipinski definition) is 4. The van der Waals surface area contributed by atoms with Crippen molar-refractivity contribution < 1.29 is 0 Å². The van der Waals surface area contributed by atoms with Crippen LogP contribution >= 0.6 is 11.8 Å². The predicted molar refractivity (Wildman–Crippen MR) is 87.6 cm³/mol. The van der Waals surface area contributed by atoms with E-state index in [2.05, 4.69) is 51.7 Å². The number of thioether (sulfide) groups is 1. The second-order valence-corrected chi connectivity index (χ2v) is 4.96. The highest BCUT2D eigenvalue weighted by Gasteiger charge is 2.04. The van der Waals surface area contributed by atoms with Gasteiger partial charge in [-0.3, -0.25) is 15.0 Å². The lowest BCUT2D eigenvalue weighted by molar-refractivity contribution is 0.935. The van der Waals surface area contributed by atoms with E-state index in [1.54, 1.807) is 37.4 Å². The fourth-order valence-electron chi connectivity index (χ4n) is 1.51. The molecule has 0 aliphatic rings. The number of nitrogens with one attached hydrogen (secondary N) is 1. The highest BCUT2D eigenvalue weighted by atomic mass is 32.2. The van der Waals surface area contributed by atoms with E-state index in [0.717, 1.165) is 35.8 Å². The second kappa shape index (κ2) is 10.2. The van der Waals surface area contributed by atoms with Crippen molar-refractivity contribution in [3.8, 4) is 0 Å². The van der Waals surface area contributed by atoms with Crippen LogP contribution in [0.15, 0.2) is 46.8 Å². The Morgan fingerprint density at radius 3 is 2.80 bits per heavy atom. The monoisotopic (exact) mass is 290 g/mol. The lowest BCUT2D eigenvalue weighted by Gasteiger charge is -2.11. The molecule has 0 saturated carbocycles. The zero-order valence-electron chi connectivity index (χ0n) is 12.3. The molecule has 108 valence electrons.